The maximum absolute atomic E-state index is 13.2. The van der Waals surface area contributed by atoms with E-state index >= 15 is 0 Å². The van der Waals surface area contributed by atoms with Gasteiger partial charge in [0.1, 0.15) is 0 Å². The standard InChI is InChI=1S/C26H52O2Si4/c1-13-26(3,22-23(2)24-18-15-14-16-19-24)25(27)28-20-17-21-32(29(4,5)6,30(7,8)9)31(10,11)12/h14-16,18-19,23H,13,17,20-22H2,1-12H3. The fourth-order valence-electron chi connectivity index (χ4n) is 7.12. The highest BCUT2D eigenvalue weighted by molar-refractivity contribution is 7.89. The summed E-state index contributed by atoms with van der Waals surface area (Å²) in [5.41, 5.74) is 0.885. The fourth-order valence-corrected chi connectivity index (χ4v) is 106. The molecule has 0 aliphatic rings. The van der Waals surface area contributed by atoms with Gasteiger partial charge in [-0.3, -0.25) is 4.79 Å². The first-order valence-corrected chi connectivity index (χ1v) is 28.4. The number of carbonyl (C=O) groups excluding carboxylic acids is 1. The van der Waals surface area contributed by atoms with Crippen molar-refractivity contribution < 1.29 is 9.53 Å². The van der Waals surface area contributed by atoms with Gasteiger partial charge in [-0.05, 0) is 37.7 Å². The van der Waals surface area contributed by atoms with Gasteiger partial charge in [0.25, 0.3) is 0 Å². The largest absolute Gasteiger partial charge is 0.465 e. The molecule has 184 valence electrons. The normalized spacial score (nSPS) is 16.4. The molecule has 0 saturated heterocycles. The highest BCUT2D eigenvalue weighted by Gasteiger charge is 2.60. The van der Waals surface area contributed by atoms with Crippen molar-refractivity contribution in [2.75, 3.05) is 6.61 Å². The van der Waals surface area contributed by atoms with E-state index < -0.39 is 34.8 Å². The fraction of sp³-hybridized carbons (Fsp3) is 0.731. The Morgan fingerprint density at radius 3 is 1.78 bits per heavy atom. The Hall–Kier alpha value is -0.442. The smallest absolute Gasteiger partial charge is 0.311 e. The number of carbonyl (C=O) groups is 1. The minimum absolute atomic E-state index is 0.00376. The van der Waals surface area contributed by atoms with Gasteiger partial charge >= 0.3 is 5.97 Å². The molecule has 0 fully saturated rings. The molecule has 0 amide bonds. The minimum atomic E-state index is -1.37. The summed E-state index contributed by atoms with van der Waals surface area (Å²) in [6.45, 7) is 29.4. The summed E-state index contributed by atoms with van der Waals surface area (Å²) in [5, 5.41) is 0. The first-order chi connectivity index (χ1) is 14.4. The van der Waals surface area contributed by atoms with Crippen molar-refractivity contribution in [2.24, 2.45) is 5.41 Å². The van der Waals surface area contributed by atoms with Gasteiger partial charge in [-0.1, -0.05) is 109 Å². The van der Waals surface area contributed by atoms with Crippen molar-refractivity contribution in [2.45, 2.75) is 111 Å². The van der Waals surface area contributed by atoms with Gasteiger partial charge in [0, 0.05) is 29.4 Å². The Balaban J connectivity index is 2.88. The molecule has 0 spiro atoms. The van der Waals surface area contributed by atoms with Crippen LogP contribution in [0.5, 0.6) is 0 Å². The van der Waals surface area contributed by atoms with Gasteiger partial charge in [0.15, 0.2) is 0 Å². The first kappa shape index (κ1) is 29.6. The maximum Gasteiger partial charge on any atom is 0.311 e. The molecule has 1 aromatic carbocycles. The zero-order chi connectivity index (χ0) is 25.0. The number of ether oxygens (including phenoxy) is 1. The summed E-state index contributed by atoms with van der Waals surface area (Å²) in [7, 11) is -3.80. The van der Waals surface area contributed by atoms with Crippen LogP contribution in [0.1, 0.15) is 51.5 Å². The Bertz CT molecular complexity index is 693. The van der Waals surface area contributed by atoms with Crippen molar-refractivity contribution >= 4 is 35.4 Å². The second-order valence-corrected chi connectivity index (χ2v) is 54.8. The van der Waals surface area contributed by atoms with Crippen LogP contribution in [0.25, 0.3) is 0 Å². The highest BCUT2D eigenvalue weighted by Crippen LogP contribution is 2.41. The average molecular weight is 509 g/mol. The lowest BCUT2D eigenvalue weighted by molar-refractivity contribution is -0.155. The highest BCUT2D eigenvalue weighted by atomic mass is 29.9. The Morgan fingerprint density at radius 1 is 0.906 bits per heavy atom. The molecule has 0 N–H and O–H groups in total. The monoisotopic (exact) mass is 508 g/mol. The summed E-state index contributed by atoms with van der Waals surface area (Å²) < 4.78 is 6.00. The molecular weight excluding hydrogens is 457 g/mol. The maximum atomic E-state index is 13.2. The van der Waals surface area contributed by atoms with Crippen LogP contribution in [0.15, 0.2) is 30.3 Å². The molecule has 32 heavy (non-hydrogen) atoms. The van der Waals surface area contributed by atoms with Crippen molar-refractivity contribution in [3.8, 4) is 0 Å². The Kier molecular flexibility index (Phi) is 10.1. The third kappa shape index (κ3) is 6.57. The molecular formula is C26H52O2Si4. The van der Waals surface area contributed by atoms with Gasteiger partial charge in [-0.15, -0.1) is 0 Å². The molecule has 0 radical (unpaired) electrons. The summed E-state index contributed by atoms with van der Waals surface area (Å²) in [5.74, 6) is 0.350. The van der Waals surface area contributed by atoms with E-state index in [0.29, 0.717) is 12.5 Å². The van der Waals surface area contributed by atoms with Crippen LogP contribution in [0, 0.1) is 5.41 Å². The van der Waals surface area contributed by atoms with Gasteiger partial charge in [0.2, 0.25) is 0 Å². The first-order valence-electron chi connectivity index (χ1n) is 12.6. The summed E-state index contributed by atoms with van der Waals surface area (Å²) in [6.07, 6.45) is 2.72. The zero-order valence-corrected chi connectivity index (χ0v) is 27.3. The van der Waals surface area contributed by atoms with E-state index in [-0.39, 0.29) is 5.97 Å². The molecule has 6 heteroatoms. The zero-order valence-electron chi connectivity index (χ0n) is 23.3. The Morgan fingerprint density at radius 2 is 1.38 bits per heavy atom. The lowest BCUT2D eigenvalue weighted by Gasteiger charge is -2.58. The van der Waals surface area contributed by atoms with E-state index in [9.17, 15) is 4.79 Å². The van der Waals surface area contributed by atoms with E-state index in [1.807, 2.05) is 6.07 Å². The van der Waals surface area contributed by atoms with Gasteiger partial charge in [-0.2, -0.15) is 0 Å². The molecule has 0 aliphatic heterocycles. The predicted octanol–water partition coefficient (Wildman–Crippen LogP) is 8.23. The van der Waals surface area contributed by atoms with E-state index in [1.54, 1.807) is 0 Å². The lowest BCUT2D eigenvalue weighted by Crippen LogP contribution is -2.82. The van der Waals surface area contributed by atoms with Crippen molar-refractivity contribution in [3.05, 3.63) is 35.9 Å². The average Bonchev–Trinajstić information content (AvgIpc) is 2.64. The third-order valence-electron chi connectivity index (χ3n) is 8.17. The minimum Gasteiger partial charge on any atom is -0.465 e. The molecule has 2 unspecified atom stereocenters. The molecule has 0 aliphatic carbocycles. The van der Waals surface area contributed by atoms with Crippen LogP contribution in [0.4, 0.5) is 0 Å². The van der Waals surface area contributed by atoms with Crippen LogP contribution < -0.4 is 0 Å². The van der Waals surface area contributed by atoms with Gasteiger partial charge in [-0.25, -0.2) is 0 Å². The van der Waals surface area contributed by atoms with Gasteiger partial charge in [0.05, 0.1) is 12.0 Å². The molecule has 0 bridgehead atoms. The summed E-state index contributed by atoms with van der Waals surface area (Å²) in [6, 6.07) is 11.9. The number of benzene rings is 1. The van der Waals surface area contributed by atoms with E-state index in [0.717, 1.165) is 19.3 Å². The molecule has 1 aromatic rings. The van der Waals surface area contributed by atoms with Crippen LogP contribution in [-0.2, 0) is 9.53 Å². The number of esters is 1. The Labute approximate surface area is 203 Å². The molecule has 1 rings (SSSR count). The summed E-state index contributed by atoms with van der Waals surface area (Å²) in [4.78, 5) is 13.2. The SMILES string of the molecule is CCC(C)(CC(C)c1ccccc1)C(=O)OCCC[Si]([Si](C)(C)C)([Si](C)(C)C)[Si](C)(C)C. The van der Waals surface area contributed by atoms with Crippen molar-refractivity contribution in [3.63, 3.8) is 0 Å². The van der Waals surface area contributed by atoms with Crippen molar-refractivity contribution in [1.29, 1.82) is 0 Å². The van der Waals surface area contributed by atoms with Crippen LogP contribution >= 0.6 is 0 Å². The number of hydrogen-bond donors (Lipinski definition) is 0. The topological polar surface area (TPSA) is 26.3 Å². The third-order valence-corrected chi connectivity index (χ3v) is 82.8. The van der Waals surface area contributed by atoms with E-state index in [2.05, 4.69) is 104 Å². The van der Waals surface area contributed by atoms with E-state index in [1.165, 1.54) is 11.6 Å². The van der Waals surface area contributed by atoms with Gasteiger partial charge < -0.3 is 4.74 Å². The second kappa shape index (κ2) is 10.9. The van der Waals surface area contributed by atoms with Crippen LogP contribution in [-0.4, -0.2) is 42.0 Å². The van der Waals surface area contributed by atoms with E-state index in [4.69, 9.17) is 4.74 Å². The molecule has 0 saturated carbocycles. The van der Waals surface area contributed by atoms with Crippen LogP contribution in [0.3, 0.4) is 0 Å². The molecule has 2 atom stereocenters. The molecule has 0 heterocycles. The number of rotatable bonds is 12. The lowest BCUT2D eigenvalue weighted by atomic mass is 9.77. The number of hydrogen-bond acceptors (Lipinski definition) is 2. The summed E-state index contributed by atoms with van der Waals surface area (Å²) >= 11 is 0. The second-order valence-electron chi connectivity index (χ2n) is 13.3. The van der Waals surface area contributed by atoms with Crippen molar-refractivity contribution in [1.82, 2.24) is 0 Å². The predicted molar refractivity (Wildman–Crippen MR) is 154 cm³/mol. The molecule has 2 nitrogen and oxygen atoms in total. The molecule has 0 aromatic heterocycles. The quantitative estimate of drug-likeness (QED) is 0.161. The van der Waals surface area contributed by atoms with Crippen LogP contribution in [0.2, 0.25) is 65.0 Å².